The van der Waals surface area contributed by atoms with Gasteiger partial charge in [0.1, 0.15) is 5.75 Å². The van der Waals surface area contributed by atoms with Gasteiger partial charge in [-0.25, -0.2) is 9.97 Å². The molecule has 0 spiro atoms. The van der Waals surface area contributed by atoms with Gasteiger partial charge >= 0.3 is 0 Å². The van der Waals surface area contributed by atoms with Gasteiger partial charge in [0.05, 0.1) is 22.3 Å². The summed E-state index contributed by atoms with van der Waals surface area (Å²) in [5.41, 5.74) is 4.26. The van der Waals surface area contributed by atoms with Crippen LogP contribution in [0.2, 0.25) is 0 Å². The van der Waals surface area contributed by atoms with Crippen molar-refractivity contribution in [2.24, 2.45) is 5.10 Å². The zero-order valence-corrected chi connectivity index (χ0v) is 13.8. The number of benzene rings is 2. The normalized spacial score (nSPS) is 10.8. The van der Waals surface area contributed by atoms with E-state index in [0.717, 1.165) is 0 Å². The van der Waals surface area contributed by atoms with Crippen molar-refractivity contribution in [3.63, 3.8) is 0 Å². The number of hydrogen-bond acceptors (Lipinski definition) is 7. The fourth-order valence-corrected chi connectivity index (χ4v) is 2.34. The minimum atomic E-state index is -0.466. The summed E-state index contributed by atoms with van der Waals surface area (Å²) in [4.78, 5) is 19.2. The molecule has 3 rings (SSSR count). The van der Waals surface area contributed by atoms with Crippen LogP contribution in [-0.4, -0.2) is 26.2 Å². The quantitative estimate of drug-likeness (QED) is 0.414. The third-order valence-corrected chi connectivity index (χ3v) is 3.52. The lowest BCUT2D eigenvalue weighted by Crippen LogP contribution is -2.00. The maximum Gasteiger partial charge on any atom is 0.278 e. The topological polar surface area (TPSA) is 114 Å². The zero-order valence-electron chi connectivity index (χ0n) is 13.8. The summed E-state index contributed by atoms with van der Waals surface area (Å²) in [5, 5.41) is 25.0. The number of phenolic OH excluding ortho intramolecular Hbond substituents is 1. The lowest BCUT2D eigenvalue weighted by molar-refractivity contribution is -0.385. The number of para-hydroxylation sites is 2. The summed E-state index contributed by atoms with van der Waals surface area (Å²) in [5.74, 6) is 0.838. The van der Waals surface area contributed by atoms with Gasteiger partial charge in [0.25, 0.3) is 5.69 Å². The van der Waals surface area contributed by atoms with Crippen LogP contribution in [0, 0.1) is 17.0 Å². The second-order valence-electron chi connectivity index (χ2n) is 5.42. The van der Waals surface area contributed by atoms with E-state index in [0.29, 0.717) is 28.5 Å². The maximum absolute atomic E-state index is 11.0. The van der Waals surface area contributed by atoms with Crippen LogP contribution in [0.1, 0.15) is 11.3 Å². The summed E-state index contributed by atoms with van der Waals surface area (Å²) in [7, 11) is 0. The highest BCUT2D eigenvalue weighted by Gasteiger charge is 2.11. The van der Waals surface area contributed by atoms with Crippen molar-refractivity contribution in [2.45, 2.75) is 6.92 Å². The first-order valence-electron chi connectivity index (χ1n) is 7.71. The summed E-state index contributed by atoms with van der Waals surface area (Å²) >= 11 is 0. The van der Waals surface area contributed by atoms with Gasteiger partial charge in [-0.15, -0.1) is 0 Å². The van der Waals surface area contributed by atoms with Crippen LogP contribution >= 0.6 is 0 Å². The van der Waals surface area contributed by atoms with Gasteiger partial charge in [0.15, 0.2) is 11.6 Å². The Balaban J connectivity index is 1.85. The number of phenols is 1. The molecular formula is C18H15N5O3. The predicted molar refractivity (Wildman–Crippen MR) is 98.2 cm³/mol. The van der Waals surface area contributed by atoms with Crippen LogP contribution in [-0.2, 0) is 0 Å². The summed E-state index contributed by atoms with van der Waals surface area (Å²) in [6, 6.07) is 14.7. The van der Waals surface area contributed by atoms with Crippen LogP contribution in [0.3, 0.4) is 0 Å². The highest BCUT2D eigenvalue weighted by atomic mass is 16.6. The molecule has 0 aliphatic rings. The molecule has 0 radical (unpaired) electrons. The average molecular weight is 349 g/mol. The van der Waals surface area contributed by atoms with Crippen molar-refractivity contribution in [1.82, 2.24) is 9.97 Å². The van der Waals surface area contributed by atoms with Crippen molar-refractivity contribution in [3.8, 4) is 17.1 Å². The number of nitro benzene ring substituents is 1. The smallest absolute Gasteiger partial charge is 0.278 e. The van der Waals surface area contributed by atoms with Crippen molar-refractivity contribution in [1.29, 1.82) is 0 Å². The molecule has 8 nitrogen and oxygen atoms in total. The molecule has 0 saturated carbocycles. The molecule has 8 heteroatoms. The van der Waals surface area contributed by atoms with E-state index in [1.807, 2.05) is 0 Å². The Hall–Kier alpha value is -3.81. The van der Waals surface area contributed by atoms with Gasteiger partial charge in [0, 0.05) is 17.8 Å². The Morgan fingerprint density at radius 2 is 1.88 bits per heavy atom. The van der Waals surface area contributed by atoms with Crippen molar-refractivity contribution >= 4 is 17.7 Å². The second-order valence-corrected chi connectivity index (χ2v) is 5.42. The first-order chi connectivity index (χ1) is 12.5. The fourth-order valence-electron chi connectivity index (χ4n) is 2.34. The number of nitrogens with one attached hydrogen (secondary N) is 1. The molecule has 0 aliphatic carbocycles. The molecular weight excluding hydrogens is 334 g/mol. The zero-order chi connectivity index (χ0) is 18.5. The van der Waals surface area contributed by atoms with Crippen molar-refractivity contribution < 1.29 is 10.0 Å². The second kappa shape index (κ2) is 7.39. The number of hydrogen-bond donors (Lipinski definition) is 2. The number of aromatic nitrogens is 2. The number of hydrazone groups is 1. The summed E-state index contributed by atoms with van der Waals surface area (Å²) < 4.78 is 0. The van der Waals surface area contributed by atoms with Gasteiger partial charge in [-0.1, -0.05) is 24.3 Å². The van der Waals surface area contributed by atoms with Gasteiger partial charge < -0.3 is 5.11 Å². The van der Waals surface area contributed by atoms with Crippen molar-refractivity contribution in [3.05, 3.63) is 76.0 Å². The first-order valence-corrected chi connectivity index (χ1v) is 7.71. The van der Waals surface area contributed by atoms with Gasteiger partial charge in [-0.2, -0.15) is 5.10 Å². The molecule has 0 aliphatic heterocycles. The Morgan fingerprint density at radius 3 is 2.65 bits per heavy atom. The van der Waals surface area contributed by atoms with Crippen LogP contribution in [0.15, 0.2) is 59.7 Å². The van der Waals surface area contributed by atoms with Crippen LogP contribution in [0.25, 0.3) is 11.4 Å². The Labute approximate surface area is 149 Å². The number of aromatic hydroxyl groups is 1. The van der Waals surface area contributed by atoms with Gasteiger partial charge in [-0.3, -0.25) is 15.5 Å². The minimum Gasteiger partial charge on any atom is -0.507 e. The molecule has 26 heavy (non-hydrogen) atoms. The number of nitro groups is 1. The van der Waals surface area contributed by atoms with E-state index in [4.69, 9.17) is 0 Å². The molecule has 0 atom stereocenters. The molecule has 1 aromatic heterocycles. The van der Waals surface area contributed by atoms with E-state index in [1.165, 1.54) is 12.3 Å². The Bertz CT molecular complexity index is 988. The molecule has 1 heterocycles. The molecule has 3 aromatic rings. The van der Waals surface area contributed by atoms with Crippen LogP contribution in [0.5, 0.6) is 5.75 Å². The molecule has 0 saturated heterocycles. The van der Waals surface area contributed by atoms with Gasteiger partial charge in [0.2, 0.25) is 0 Å². The Morgan fingerprint density at radius 1 is 1.15 bits per heavy atom. The van der Waals surface area contributed by atoms with E-state index in [-0.39, 0.29) is 11.4 Å². The molecule has 0 unspecified atom stereocenters. The highest BCUT2D eigenvalue weighted by molar-refractivity contribution is 5.85. The lowest BCUT2D eigenvalue weighted by atomic mass is 10.2. The number of nitrogens with zero attached hydrogens (tertiary/aromatic N) is 4. The van der Waals surface area contributed by atoms with E-state index in [1.54, 1.807) is 55.5 Å². The molecule has 2 aromatic carbocycles. The van der Waals surface area contributed by atoms with Crippen LogP contribution < -0.4 is 5.43 Å². The Kier molecular flexibility index (Phi) is 4.84. The molecule has 0 fully saturated rings. The third-order valence-electron chi connectivity index (χ3n) is 3.52. The molecule has 0 amide bonds. The summed E-state index contributed by atoms with van der Waals surface area (Å²) in [6.07, 6.45) is 1.36. The SMILES string of the molecule is Cc1cc(NN=Cc2ccccc2[N+](=O)[O-])nc(-c2ccccc2O)n1. The average Bonchev–Trinajstić information content (AvgIpc) is 2.62. The predicted octanol–water partition coefficient (Wildman–Crippen LogP) is 3.51. The monoisotopic (exact) mass is 349 g/mol. The number of rotatable bonds is 5. The van der Waals surface area contributed by atoms with Gasteiger partial charge in [-0.05, 0) is 25.1 Å². The van der Waals surface area contributed by atoms with Crippen LogP contribution in [0.4, 0.5) is 11.5 Å². The van der Waals surface area contributed by atoms with E-state index >= 15 is 0 Å². The molecule has 130 valence electrons. The number of aryl methyl sites for hydroxylation is 1. The summed E-state index contributed by atoms with van der Waals surface area (Å²) in [6.45, 7) is 1.79. The lowest BCUT2D eigenvalue weighted by Gasteiger charge is -2.07. The van der Waals surface area contributed by atoms with Crippen molar-refractivity contribution in [2.75, 3.05) is 5.43 Å². The van der Waals surface area contributed by atoms with E-state index in [9.17, 15) is 15.2 Å². The third kappa shape index (κ3) is 3.81. The van der Waals surface area contributed by atoms with E-state index in [2.05, 4.69) is 20.5 Å². The standard InChI is InChI=1S/C18H15N5O3/c1-12-10-17(21-18(20-12)14-7-3-5-9-16(14)24)22-19-11-13-6-2-4-8-15(13)23(25)26/h2-11,24H,1H3,(H,20,21,22). The fraction of sp³-hybridized carbons (Fsp3) is 0.0556. The number of anilines is 1. The minimum absolute atomic E-state index is 0.0354. The molecule has 2 N–H and O–H groups in total. The molecule has 0 bridgehead atoms. The van der Waals surface area contributed by atoms with E-state index < -0.39 is 4.92 Å². The maximum atomic E-state index is 11.0. The largest absolute Gasteiger partial charge is 0.507 e. The first kappa shape index (κ1) is 17.0. The highest BCUT2D eigenvalue weighted by Crippen LogP contribution is 2.26.